The van der Waals surface area contributed by atoms with Crippen LogP contribution in [0.5, 0.6) is 11.5 Å². The molecule has 0 fully saturated rings. The average molecular weight is 290 g/mol. The summed E-state index contributed by atoms with van der Waals surface area (Å²) in [7, 11) is 0. The third-order valence-corrected chi connectivity index (χ3v) is 3.40. The summed E-state index contributed by atoms with van der Waals surface area (Å²) >= 11 is 6.27. The Morgan fingerprint density at radius 1 is 1.10 bits per heavy atom. The van der Waals surface area contributed by atoms with Gasteiger partial charge in [0.05, 0.1) is 0 Å². The molecule has 20 heavy (non-hydrogen) atoms. The summed E-state index contributed by atoms with van der Waals surface area (Å²) in [4.78, 5) is 0. The van der Waals surface area contributed by atoms with Gasteiger partial charge in [-0.25, -0.2) is 0 Å². The van der Waals surface area contributed by atoms with E-state index in [1.807, 2.05) is 30.3 Å². The fourth-order valence-electron chi connectivity index (χ4n) is 2.17. The largest absolute Gasteiger partial charge is 0.457 e. The highest BCUT2D eigenvalue weighted by atomic mass is 35.5. The lowest BCUT2D eigenvalue weighted by atomic mass is 10.1. The third-order valence-electron chi connectivity index (χ3n) is 3.05. The Bertz CT molecular complexity index is 575. The highest BCUT2D eigenvalue weighted by molar-refractivity contribution is 6.31. The Hall–Kier alpha value is -1.51. The van der Waals surface area contributed by atoms with Gasteiger partial charge in [-0.3, -0.25) is 0 Å². The van der Waals surface area contributed by atoms with Crippen molar-refractivity contribution < 1.29 is 4.74 Å². The second kappa shape index (κ2) is 6.78. The summed E-state index contributed by atoms with van der Waals surface area (Å²) in [6, 6.07) is 12.0. The van der Waals surface area contributed by atoms with Crippen molar-refractivity contribution in [2.45, 2.75) is 27.3 Å². The fourth-order valence-corrected chi connectivity index (χ4v) is 2.41. The van der Waals surface area contributed by atoms with Crippen LogP contribution < -0.4 is 10.1 Å². The molecule has 2 rings (SSSR count). The van der Waals surface area contributed by atoms with Gasteiger partial charge in [0.15, 0.2) is 0 Å². The Morgan fingerprint density at radius 2 is 1.80 bits per heavy atom. The summed E-state index contributed by atoms with van der Waals surface area (Å²) in [5, 5.41) is 4.02. The fraction of sp³-hybridized carbons (Fsp3) is 0.294. The van der Waals surface area contributed by atoms with Crippen molar-refractivity contribution in [3.05, 3.63) is 58.1 Å². The second-order valence-corrected chi connectivity index (χ2v) is 5.33. The van der Waals surface area contributed by atoms with E-state index in [1.165, 1.54) is 11.1 Å². The Labute approximate surface area is 125 Å². The molecule has 0 aliphatic heterocycles. The van der Waals surface area contributed by atoms with Crippen LogP contribution in [0.2, 0.25) is 5.02 Å². The molecule has 2 nitrogen and oxygen atoms in total. The minimum atomic E-state index is 0.705. The molecule has 106 valence electrons. The van der Waals surface area contributed by atoms with E-state index in [-0.39, 0.29) is 0 Å². The van der Waals surface area contributed by atoms with E-state index < -0.39 is 0 Å². The lowest BCUT2D eigenvalue weighted by Gasteiger charge is -2.14. The standard InChI is InChI=1S/C17H20ClNO/c1-4-19-11-15-16(18)6-5-7-17(15)20-14-9-12(2)8-13(3)10-14/h5-10,19H,4,11H2,1-3H3. The minimum Gasteiger partial charge on any atom is -0.457 e. The van der Waals surface area contributed by atoms with Crippen LogP contribution in [0.15, 0.2) is 36.4 Å². The highest BCUT2D eigenvalue weighted by Gasteiger charge is 2.09. The van der Waals surface area contributed by atoms with Crippen LogP contribution in [0.3, 0.4) is 0 Å². The van der Waals surface area contributed by atoms with Crippen molar-refractivity contribution in [3.63, 3.8) is 0 Å². The lowest BCUT2D eigenvalue weighted by molar-refractivity contribution is 0.472. The molecule has 0 saturated heterocycles. The molecule has 0 bridgehead atoms. The zero-order chi connectivity index (χ0) is 14.5. The van der Waals surface area contributed by atoms with Gasteiger partial charge in [-0.15, -0.1) is 0 Å². The zero-order valence-electron chi connectivity index (χ0n) is 12.2. The molecule has 0 saturated carbocycles. The van der Waals surface area contributed by atoms with Gasteiger partial charge in [-0.2, -0.15) is 0 Å². The average Bonchev–Trinajstić information content (AvgIpc) is 2.37. The Kier molecular flexibility index (Phi) is 5.05. The quantitative estimate of drug-likeness (QED) is 0.849. The maximum atomic E-state index is 6.27. The zero-order valence-corrected chi connectivity index (χ0v) is 12.9. The van der Waals surface area contributed by atoms with E-state index in [4.69, 9.17) is 16.3 Å². The topological polar surface area (TPSA) is 21.3 Å². The van der Waals surface area contributed by atoms with Crippen LogP contribution in [-0.4, -0.2) is 6.54 Å². The predicted molar refractivity (Wildman–Crippen MR) is 84.8 cm³/mol. The van der Waals surface area contributed by atoms with E-state index in [0.717, 1.165) is 28.6 Å². The van der Waals surface area contributed by atoms with Crippen LogP contribution in [0.1, 0.15) is 23.6 Å². The van der Waals surface area contributed by atoms with Gasteiger partial charge in [-0.05, 0) is 55.8 Å². The molecule has 2 aromatic carbocycles. The smallest absolute Gasteiger partial charge is 0.133 e. The van der Waals surface area contributed by atoms with E-state index in [0.29, 0.717) is 6.54 Å². The number of aryl methyl sites for hydroxylation is 2. The van der Waals surface area contributed by atoms with Crippen molar-refractivity contribution in [3.8, 4) is 11.5 Å². The summed E-state index contributed by atoms with van der Waals surface area (Å²) in [6.07, 6.45) is 0. The molecule has 0 radical (unpaired) electrons. The molecule has 0 aliphatic rings. The molecule has 0 spiro atoms. The third kappa shape index (κ3) is 3.75. The SMILES string of the molecule is CCNCc1c(Cl)cccc1Oc1cc(C)cc(C)c1. The Balaban J connectivity index is 2.30. The summed E-state index contributed by atoms with van der Waals surface area (Å²) in [5.74, 6) is 1.66. The maximum absolute atomic E-state index is 6.27. The number of hydrogen-bond donors (Lipinski definition) is 1. The van der Waals surface area contributed by atoms with E-state index >= 15 is 0 Å². The molecule has 0 aromatic heterocycles. The Morgan fingerprint density at radius 3 is 2.45 bits per heavy atom. The van der Waals surface area contributed by atoms with Crippen LogP contribution in [0.25, 0.3) is 0 Å². The predicted octanol–water partition coefficient (Wildman–Crippen LogP) is 4.86. The van der Waals surface area contributed by atoms with Gasteiger partial charge >= 0.3 is 0 Å². The highest BCUT2D eigenvalue weighted by Crippen LogP contribution is 2.31. The second-order valence-electron chi connectivity index (χ2n) is 4.92. The summed E-state index contributed by atoms with van der Waals surface area (Å²) in [5.41, 5.74) is 3.38. The van der Waals surface area contributed by atoms with E-state index in [9.17, 15) is 0 Å². The van der Waals surface area contributed by atoms with Crippen molar-refractivity contribution >= 4 is 11.6 Å². The molecule has 0 aliphatic carbocycles. The number of halogens is 1. The van der Waals surface area contributed by atoms with Crippen LogP contribution in [-0.2, 0) is 6.54 Å². The minimum absolute atomic E-state index is 0.705. The van der Waals surface area contributed by atoms with Crippen molar-refractivity contribution in [1.29, 1.82) is 0 Å². The first-order valence-corrected chi connectivity index (χ1v) is 7.22. The lowest BCUT2D eigenvalue weighted by Crippen LogP contribution is -2.12. The monoisotopic (exact) mass is 289 g/mol. The van der Waals surface area contributed by atoms with Gasteiger partial charge < -0.3 is 10.1 Å². The summed E-state index contributed by atoms with van der Waals surface area (Å²) in [6.45, 7) is 7.81. The van der Waals surface area contributed by atoms with Crippen LogP contribution >= 0.6 is 11.6 Å². The molecule has 3 heteroatoms. The van der Waals surface area contributed by atoms with Crippen molar-refractivity contribution in [2.24, 2.45) is 0 Å². The number of benzene rings is 2. The first-order chi connectivity index (χ1) is 9.60. The van der Waals surface area contributed by atoms with Gasteiger partial charge in [0.2, 0.25) is 0 Å². The molecule has 0 amide bonds. The van der Waals surface area contributed by atoms with Crippen molar-refractivity contribution in [2.75, 3.05) is 6.54 Å². The maximum Gasteiger partial charge on any atom is 0.133 e. The number of ether oxygens (including phenoxy) is 1. The molecular weight excluding hydrogens is 270 g/mol. The molecule has 1 N–H and O–H groups in total. The first-order valence-electron chi connectivity index (χ1n) is 6.84. The van der Waals surface area contributed by atoms with Gasteiger partial charge in [0.1, 0.15) is 11.5 Å². The van der Waals surface area contributed by atoms with Crippen LogP contribution in [0, 0.1) is 13.8 Å². The van der Waals surface area contributed by atoms with Gasteiger partial charge in [0.25, 0.3) is 0 Å². The molecule has 0 unspecified atom stereocenters. The number of nitrogens with one attached hydrogen (secondary N) is 1. The normalized spacial score (nSPS) is 10.6. The van der Waals surface area contributed by atoms with Gasteiger partial charge in [0, 0.05) is 17.1 Å². The van der Waals surface area contributed by atoms with E-state index in [2.05, 4.69) is 32.2 Å². The molecule has 2 aromatic rings. The van der Waals surface area contributed by atoms with Crippen molar-refractivity contribution in [1.82, 2.24) is 5.32 Å². The van der Waals surface area contributed by atoms with E-state index in [1.54, 1.807) is 0 Å². The molecule has 0 heterocycles. The van der Waals surface area contributed by atoms with Gasteiger partial charge in [-0.1, -0.05) is 30.7 Å². The van der Waals surface area contributed by atoms with Crippen LogP contribution in [0.4, 0.5) is 0 Å². The first kappa shape index (κ1) is 14.9. The number of rotatable bonds is 5. The molecular formula is C17H20ClNO. The summed E-state index contributed by atoms with van der Waals surface area (Å²) < 4.78 is 6.02. The number of hydrogen-bond acceptors (Lipinski definition) is 2. The molecule has 0 atom stereocenters.